The van der Waals surface area contributed by atoms with Crippen LogP contribution in [-0.2, 0) is 11.2 Å². The number of ether oxygens (including phenoxy) is 1. The lowest BCUT2D eigenvalue weighted by atomic mass is 9.99. The summed E-state index contributed by atoms with van der Waals surface area (Å²) in [5.74, 6) is -0.247. The van der Waals surface area contributed by atoms with E-state index >= 15 is 0 Å². The van der Waals surface area contributed by atoms with E-state index in [4.69, 9.17) is 4.74 Å². The molecule has 1 amide bonds. The number of benzene rings is 2. The highest BCUT2D eigenvalue weighted by atomic mass is 19.1. The van der Waals surface area contributed by atoms with Crippen molar-refractivity contribution < 1.29 is 19.0 Å². The van der Waals surface area contributed by atoms with Crippen LogP contribution in [-0.4, -0.2) is 30.8 Å². The predicted molar refractivity (Wildman–Crippen MR) is 90.4 cm³/mol. The van der Waals surface area contributed by atoms with Gasteiger partial charge < -0.3 is 15.2 Å². The van der Waals surface area contributed by atoms with E-state index in [-0.39, 0.29) is 30.9 Å². The second-order valence-electron chi connectivity index (χ2n) is 5.78. The third-order valence-corrected chi connectivity index (χ3v) is 3.67. The van der Waals surface area contributed by atoms with Crippen LogP contribution in [0.15, 0.2) is 48.5 Å². The Hall–Kier alpha value is -2.40. The van der Waals surface area contributed by atoms with Crippen molar-refractivity contribution in [3.63, 3.8) is 0 Å². The number of nitrogens with one attached hydrogen (secondary N) is 1. The van der Waals surface area contributed by atoms with Crippen molar-refractivity contribution in [3.8, 4) is 5.75 Å². The Morgan fingerprint density at radius 1 is 1.17 bits per heavy atom. The quantitative estimate of drug-likeness (QED) is 0.781. The van der Waals surface area contributed by atoms with E-state index in [0.29, 0.717) is 18.7 Å². The lowest BCUT2D eigenvalue weighted by Crippen LogP contribution is -2.35. The molecule has 2 N–H and O–H groups in total. The van der Waals surface area contributed by atoms with Gasteiger partial charge in [-0.15, -0.1) is 0 Å². The first-order valence-corrected chi connectivity index (χ1v) is 7.88. The Balaban J connectivity index is 1.74. The molecule has 0 saturated heterocycles. The third-order valence-electron chi connectivity index (χ3n) is 3.67. The molecule has 0 spiro atoms. The molecule has 0 aromatic heterocycles. The minimum atomic E-state index is -0.353. The zero-order valence-electron chi connectivity index (χ0n) is 13.7. The fraction of sp³-hybridized carbons (Fsp3) is 0.316. The molecule has 4 nitrogen and oxygen atoms in total. The Labute approximate surface area is 141 Å². The summed E-state index contributed by atoms with van der Waals surface area (Å²) < 4.78 is 18.1. The van der Waals surface area contributed by atoms with Gasteiger partial charge in [0.2, 0.25) is 0 Å². The smallest absolute Gasteiger partial charge is 0.257 e. The van der Waals surface area contributed by atoms with Crippen molar-refractivity contribution in [2.24, 2.45) is 5.92 Å². The van der Waals surface area contributed by atoms with Crippen molar-refractivity contribution in [1.29, 1.82) is 0 Å². The first kappa shape index (κ1) is 17.9. The molecule has 2 aromatic carbocycles. The Bertz CT molecular complexity index is 641. The van der Waals surface area contributed by atoms with Gasteiger partial charge in [-0.05, 0) is 43.2 Å². The van der Waals surface area contributed by atoms with Crippen LogP contribution in [0.4, 0.5) is 4.39 Å². The van der Waals surface area contributed by atoms with Gasteiger partial charge in [0.25, 0.3) is 5.91 Å². The SMILES string of the molecule is Cc1ccc(C[C@@H](CO)CNC(=O)COc2ccc(F)cc2)cc1. The molecule has 0 saturated carbocycles. The molecule has 2 aromatic rings. The summed E-state index contributed by atoms with van der Waals surface area (Å²) in [6.07, 6.45) is 0.690. The summed E-state index contributed by atoms with van der Waals surface area (Å²) in [4.78, 5) is 11.8. The number of rotatable bonds is 8. The molecule has 0 aliphatic rings. The molecule has 0 unspecified atom stereocenters. The molecule has 0 fully saturated rings. The van der Waals surface area contributed by atoms with E-state index < -0.39 is 0 Å². The fourth-order valence-electron chi connectivity index (χ4n) is 2.25. The van der Waals surface area contributed by atoms with Gasteiger partial charge in [-0.1, -0.05) is 29.8 Å². The van der Waals surface area contributed by atoms with E-state index in [0.717, 1.165) is 5.56 Å². The molecule has 2 rings (SSSR count). The van der Waals surface area contributed by atoms with Crippen LogP contribution in [0.3, 0.4) is 0 Å². The van der Waals surface area contributed by atoms with Crippen molar-refractivity contribution in [2.75, 3.05) is 19.8 Å². The first-order valence-electron chi connectivity index (χ1n) is 7.88. The van der Waals surface area contributed by atoms with E-state index in [1.54, 1.807) is 0 Å². The molecular formula is C19H22FNO3. The van der Waals surface area contributed by atoms with Crippen LogP contribution in [0.2, 0.25) is 0 Å². The molecule has 0 aliphatic carbocycles. The van der Waals surface area contributed by atoms with Gasteiger partial charge in [-0.3, -0.25) is 4.79 Å². The second-order valence-corrected chi connectivity index (χ2v) is 5.78. The highest BCUT2D eigenvalue weighted by Crippen LogP contribution is 2.11. The number of carbonyl (C=O) groups is 1. The Kier molecular flexibility index (Phi) is 6.75. The maximum Gasteiger partial charge on any atom is 0.257 e. The van der Waals surface area contributed by atoms with Gasteiger partial charge in [0.05, 0.1) is 0 Å². The van der Waals surface area contributed by atoms with Gasteiger partial charge in [0.1, 0.15) is 11.6 Å². The minimum Gasteiger partial charge on any atom is -0.484 e. The van der Waals surface area contributed by atoms with E-state index in [2.05, 4.69) is 5.32 Å². The van der Waals surface area contributed by atoms with Gasteiger partial charge in [-0.25, -0.2) is 4.39 Å². The molecule has 0 radical (unpaired) electrons. The van der Waals surface area contributed by atoms with Crippen LogP contribution < -0.4 is 10.1 Å². The van der Waals surface area contributed by atoms with Crippen molar-refractivity contribution >= 4 is 5.91 Å². The highest BCUT2D eigenvalue weighted by molar-refractivity contribution is 5.77. The van der Waals surface area contributed by atoms with Gasteiger partial charge >= 0.3 is 0 Å². The zero-order valence-corrected chi connectivity index (χ0v) is 13.7. The molecule has 128 valence electrons. The maximum atomic E-state index is 12.8. The number of amides is 1. The lowest BCUT2D eigenvalue weighted by Gasteiger charge is -2.15. The number of aliphatic hydroxyl groups excluding tert-OH is 1. The molecule has 5 heteroatoms. The lowest BCUT2D eigenvalue weighted by molar-refractivity contribution is -0.123. The topological polar surface area (TPSA) is 58.6 Å². The number of halogens is 1. The van der Waals surface area contributed by atoms with Gasteiger partial charge in [0.15, 0.2) is 6.61 Å². The van der Waals surface area contributed by atoms with Crippen molar-refractivity contribution in [2.45, 2.75) is 13.3 Å². The average Bonchev–Trinajstić information content (AvgIpc) is 2.59. The van der Waals surface area contributed by atoms with Crippen molar-refractivity contribution in [1.82, 2.24) is 5.32 Å². The zero-order chi connectivity index (χ0) is 17.4. The maximum absolute atomic E-state index is 12.8. The summed E-state index contributed by atoms with van der Waals surface area (Å²) in [6.45, 7) is 2.24. The van der Waals surface area contributed by atoms with Gasteiger partial charge in [0, 0.05) is 19.1 Å². The van der Waals surface area contributed by atoms with Crippen LogP contribution >= 0.6 is 0 Å². The summed E-state index contributed by atoms with van der Waals surface area (Å²) in [6, 6.07) is 13.6. The van der Waals surface area contributed by atoms with Crippen LogP contribution in [0.25, 0.3) is 0 Å². The van der Waals surface area contributed by atoms with E-state index in [9.17, 15) is 14.3 Å². The standard InChI is InChI=1S/C19H22FNO3/c1-14-2-4-15(5-3-14)10-16(12-22)11-21-19(23)13-24-18-8-6-17(20)7-9-18/h2-9,16,22H,10-13H2,1H3,(H,21,23)/t16-/m1/s1. The Morgan fingerprint density at radius 3 is 2.46 bits per heavy atom. The molecule has 0 heterocycles. The number of hydrogen-bond donors (Lipinski definition) is 2. The number of aryl methyl sites for hydroxylation is 1. The van der Waals surface area contributed by atoms with Crippen molar-refractivity contribution in [3.05, 3.63) is 65.5 Å². The molecule has 24 heavy (non-hydrogen) atoms. The van der Waals surface area contributed by atoms with Crippen LogP contribution in [0, 0.1) is 18.7 Å². The minimum absolute atomic E-state index is 0.00697. The summed E-state index contributed by atoms with van der Waals surface area (Å²) in [5, 5.41) is 12.2. The average molecular weight is 331 g/mol. The molecule has 1 atom stereocenters. The number of hydrogen-bond acceptors (Lipinski definition) is 3. The number of carbonyl (C=O) groups excluding carboxylic acids is 1. The predicted octanol–water partition coefficient (Wildman–Crippen LogP) is 2.48. The summed E-state index contributed by atoms with van der Waals surface area (Å²) in [5.41, 5.74) is 2.31. The van der Waals surface area contributed by atoms with Crippen LogP contribution in [0.1, 0.15) is 11.1 Å². The normalized spacial score (nSPS) is 11.8. The number of aliphatic hydroxyl groups is 1. The monoisotopic (exact) mass is 331 g/mol. The second kappa shape index (κ2) is 9.03. The fourth-order valence-corrected chi connectivity index (χ4v) is 2.25. The largest absolute Gasteiger partial charge is 0.484 e. The Morgan fingerprint density at radius 2 is 1.83 bits per heavy atom. The third kappa shape index (κ3) is 6.01. The first-order chi connectivity index (χ1) is 11.6. The molecule has 0 aliphatic heterocycles. The summed E-state index contributed by atoms with van der Waals surface area (Å²) >= 11 is 0. The molecule has 0 bridgehead atoms. The summed E-state index contributed by atoms with van der Waals surface area (Å²) in [7, 11) is 0. The van der Waals surface area contributed by atoms with E-state index in [1.165, 1.54) is 29.8 Å². The highest BCUT2D eigenvalue weighted by Gasteiger charge is 2.11. The van der Waals surface area contributed by atoms with E-state index in [1.807, 2.05) is 31.2 Å². The van der Waals surface area contributed by atoms with Crippen LogP contribution in [0.5, 0.6) is 5.75 Å². The van der Waals surface area contributed by atoms with Gasteiger partial charge in [-0.2, -0.15) is 0 Å². The molecular weight excluding hydrogens is 309 g/mol.